The molecule has 16 heteroatoms. The van der Waals surface area contributed by atoms with Crippen molar-refractivity contribution < 1.29 is 49.2 Å². The smallest absolute Gasteiger partial charge is 0.327 e. The summed E-state index contributed by atoms with van der Waals surface area (Å²) in [5.74, 6) is -6.96. The standard InChI is InChI=1S/C31H50N6O10/c1-17(2)26(31(46)47)37(24(41)9-7-5-6-8-20-10-12-22(40)13-11-20)30(45)25(33)21(15-38)14-34-27(42)18(3)35-28(43)19(4)36-29(44)23(32)16-39/h10-13,17-19,21,23,25-26,38-40H,5-9,14-16,32-33H2,1-4H3,(H,34,42)(H,35,43)(H,36,44)(H,46,47)/t18-,19-,21?,23-,25-,26-/m0/s1. The number of rotatable bonds is 20. The van der Waals surface area contributed by atoms with Crippen molar-refractivity contribution in [2.45, 2.75) is 90.0 Å². The second kappa shape index (κ2) is 20.2. The number of aliphatic hydroxyl groups excluding tert-OH is 2. The molecular formula is C31H50N6O10. The molecule has 0 heterocycles. The molecule has 6 atom stereocenters. The molecule has 47 heavy (non-hydrogen) atoms. The number of carbonyl (C=O) groups is 6. The van der Waals surface area contributed by atoms with E-state index in [1.165, 1.54) is 13.8 Å². The summed E-state index contributed by atoms with van der Waals surface area (Å²) >= 11 is 0. The summed E-state index contributed by atoms with van der Waals surface area (Å²) in [5.41, 5.74) is 12.6. The predicted octanol–water partition coefficient (Wildman–Crippen LogP) is -1.66. The maximum Gasteiger partial charge on any atom is 0.327 e. The van der Waals surface area contributed by atoms with Crippen molar-refractivity contribution in [3.63, 3.8) is 0 Å². The number of aryl methyl sites for hydroxylation is 1. The normalized spacial score (nSPS) is 15.0. The molecule has 0 fully saturated rings. The number of aliphatic hydroxyl groups is 2. The number of aliphatic carboxylic acids is 1. The van der Waals surface area contributed by atoms with Crippen LogP contribution in [0.15, 0.2) is 24.3 Å². The van der Waals surface area contributed by atoms with Gasteiger partial charge in [0, 0.05) is 25.5 Å². The number of unbranched alkanes of at least 4 members (excludes halogenated alkanes) is 2. The topological polar surface area (TPSA) is 275 Å². The Kier molecular flexibility index (Phi) is 17.6. The minimum absolute atomic E-state index is 0.118. The summed E-state index contributed by atoms with van der Waals surface area (Å²) in [7, 11) is 0. The van der Waals surface area contributed by atoms with Gasteiger partial charge in [0.2, 0.25) is 29.5 Å². The van der Waals surface area contributed by atoms with Crippen LogP contribution >= 0.6 is 0 Å². The van der Waals surface area contributed by atoms with E-state index in [1.54, 1.807) is 38.1 Å². The highest BCUT2D eigenvalue weighted by atomic mass is 16.4. The predicted molar refractivity (Wildman–Crippen MR) is 170 cm³/mol. The first-order valence-corrected chi connectivity index (χ1v) is 15.5. The number of nitrogens with one attached hydrogen (secondary N) is 3. The summed E-state index contributed by atoms with van der Waals surface area (Å²) in [6, 6.07) is 0.229. The summed E-state index contributed by atoms with van der Waals surface area (Å²) in [5, 5.41) is 45.4. The number of aromatic hydroxyl groups is 1. The van der Waals surface area contributed by atoms with E-state index in [2.05, 4.69) is 16.0 Å². The van der Waals surface area contributed by atoms with Crippen LogP contribution in [0.5, 0.6) is 5.75 Å². The molecular weight excluding hydrogens is 616 g/mol. The van der Waals surface area contributed by atoms with E-state index in [9.17, 15) is 44.1 Å². The molecule has 1 aromatic carbocycles. The molecule has 0 saturated heterocycles. The molecule has 1 rings (SSSR count). The fraction of sp³-hybridized carbons (Fsp3) is 0.613. The van der Waals surface area contributed by atoms with Gasteiger partial charge in [0.25, 0.3) is 0 Å². The van der Waals surface area contributed by atoms with Gasteiger partial charge < -0.3 is 47.8 Å². The molecule has 0 aliphatic heterocycles. The Bertz CT molecular complexity index is 1210. The van der Waals surface area contributed by atoms with Gasteiger partial charge in [-0.2, -0.15) is 0 Å². The summed E-state index contributed by atoms with van der Waals surface area (Å²) < 4.78 is 0. The second-order valence-corrected chi connectivity index (χ2v) is 11.8. The van der Waals surface area contributed by atoms with Gasteiger partial charge >= 0.3 is 5.97 Å². The van der Waals surface area contributed by atoms with E-state index in [0.29, 0.717) is 30.6 Å². The summed E-state index contributed by atoms with van der Waals surface area (Å²) in [4.78, 5) is 76.5. The van der Waals surface area contributed by atoms with E-state index in [4.69, 9.17) is 16.6 Å². The number of carbonyl (C=O) groups excluding carboxylic acids is 5. The van der Waals surface area contributed by atoms with Crippen molar-refractivity contribution in [3.05, 3.63) is 29.8 Å². The van der Waals surface area contributed by atoms with Crippen LogP contribution in [-0.2, 0) is 35.2 Å². The number of nitrogens with zero attached hydrogens (tertiary/aromatic N) is 1. The third-order valence-electron chi connectivity index (χ3n) is 7.56. The van der Waals surface area contributed by atoms with E-state index in [0.717, 1.165) is 5.56 Å². The lowest BCUT2D eigenvalue weighted by atomic mass is 9.95. The van der Waals surface area contributed by atoms with Crippen LogP contribution in [0.25, 0.3) is 0 Å². The second-order valence-electron chi connectivity index (χ2n) is 11.8. The SMILES string of the molecule is CC(C)[C@@H](C(=O)O)N(C(=O)CCCCCc1ccc(O)cc1)C(=O)[C@@H](N)C(CO)CNC(=O)[C@H](C)NC(=O)[C@H](C)NC(=O)[C@@H](N)CO. The first-order valence-electron chi connectivity index (χ1n) is 15.5. The van der Waals surface area contributed by atoms with Gasteiger partial charge in [0.1, 0.15) is 29.9 Å². The lowest BCUT2D eigenvalue weighted by Gasteiger charge is -2.33. The Hall–Kier alpha value is -4.12. The van der Waals surface area contributed by atoms with Crippen LogP contribution in [-0.4, -0.2) is 111 Å². The number of hydrogen-bond donors (Lipinski definition) is 9. The van der Waals surface area contributed by atoms with E-state index in [1.807, 2.05) is 0 Å². The fourth-order valence-electron chi connectivity index (χ4n) is 4.60. The third-order valence-corrected chi connectivity index (χ3v) is 7.56. The van der Waals surface area contributed by atoms with Crippen molar-refractivity contribution >= 4 is 35.5 Å². The summed E-state index contributed by atoms with van der Waals surface area (Å²) in [6.07, 6.45) is 2.29. The molecule has 0 aliphatic rings. The molecule has 1 unspecified atom stereocenters. The van der Waals surface area contributed by atoms with E-state index in [-0.39, 0.29) is 18.7 Å². The van der Waals surface area contributed by atoms with Gasteiger partial charge in [-0.25, -0.2) is 4.79 Å². The minimum atomic E-state index is -1.56. The van der Waals surface area contributed by atoms with Crippen LogP contribution < -0.4 is 27.4 Å². The molecule has 1 aromatic rings. The average Bonchev–Trinajstić information content (AvgIpc) is 3.02. The van der Waals surface area contributed by atoms with Gasteiger partial charge in [-0.15, -0.1) is 0 Å². The zero-order chi connectivity index (χ0) is 35.8. The van der Waals surface area contributed by atoms with Gasteiger partial charge in [-0.3, -0.25) is 28.9 Å². The number of carboxylic acids is 1. The molecule has 0 bridgehead atoms. The number of benzene rings is 1. The van der Waals surface area contributed by atoms with Crippen molar-refractivity contribution in [3.8, 4) is 5.75 Å². The van der Waals surface area contributed by atoms with Crippen LogP contribution in [0.2, 0.25) is 0 Å². The molecule has 11 N–H and O–H groups in total. The van der Waals surface area contributed by atoms with Crippen LogP contribution in [0.4, 0.5) is 0 Å². The highest BCUT2D eigenvalue weighted by molar-refractivity contribution is 6.01. The molecule has 0 spiro atoms. The zero-order valence-corrected chi connectivity index (χ0v) is 27.3. The minimum Gasteiger partial charge on any atom is -0.508 e. The highest BCUT2D eigenvalue weighted by Gasteiger charge is 2.40. The highest BCUT2D eigenvalue weighted by Crippen LogP contribution is 2.19. The van der Waals surface area contributed by atoms with Gasteiger partial charge in [0.15, 0.2) is 0 Å². The maximum atomic E-state index is 13.5. The van der Waals surface area contributed by atoms with Gasteiger partial charge in [0.05, 0.1) is 12.6 Å². The van der Waals surface area contributed by atoms with Gasteiger partial charge in [-0.05, 0) is 56.7 Å². The number of carboxylic acid groups (broad SMARTS) is 1. The number of phenolic OH excluding ortho intramolecular Hbond substituents is 1. The number of amides is 5. The Morgan fingerprint density at radius 2 is 1.38 bits per heavy atom. The lowest BCUT2D eigenvalue weighted by molar-refractivity contribution is -0.161. The Balaban J connectivity index is 2.86. The molecule has 0 saturated carbocycles. The molecule has 0 aromatic heterocycles. The fourth-order valence-corrected chi connectivity index (χ4v) is 4.60. The number of phenols is 1. The maximum absolute atomic E-state index is 13.5. The van der Waals surface area contributed by atoms with Crippen molar-refractivity contribution in [1.82, 2.24) is 20.9 Å². The molecule has 16 nitrogen and oxygen atoms in total. The zero-order valence-electron chi connectivity index (χ0n) is 27.3. The molecule has 5 amide bonds. The average molecular weight is 667 g/mol. The van der Waals surface area contributed by atoms with Crippen molar-refractivity contribution in [1.29, 1.82) is 0 Å². The Morgan fingerprint density at radius 3 is 1.91 bits per heavy atom. The Labute approximate surface area is 274 Å². The lowest BCUT2D eigenvalue weighted by Crippen LogP contribution is -2.59. The first-order chi connectivity index (χ1) is 22.0. The largest absolute Gasteiger partial charge is 0.508 e. The summed E-state index contributed by atoms with van der Waals surface area (Å²) in [6.45, 7) is 4.12. The van der Waals surface area contributed by atoms with Crippen LogP contribution in [0, 0.1) is 11.8 Å². The number of nitrogens with two attached hydrogens (primary N) is 2. The van der Waals surface area contributed by atoms with Crippen LogP contribution in [0.1, 0.15) is 58.9 Å². The number of imide groups is 1. The first kappa shape index (κ1) is 40.9. The van der Waals surface area contributed by atoms with Gasteiger partial charge in [-0.1, -0.05) is 32.4 Å². The quantitative estimate of drug-likeness (QED) is 0.0708. The van der Waals surface area contributed by atoms with E-state index >= 15 is 0 Å². The molecule has 0 aliphatic carbocycles. The van der Waals surface area contributed by atoms with Crippen molar-refractivity contribution in [2.24, 2.45) is 23.3 Å². The van der Waals surface area contributed by atoms with E-state index < -0.39 is 90.8 Å². The molecule has 0 radical (unpaired) electrons. The third kappa shape index (κ3) is 13.3. The molecule has 264 valence electrons. The monoisotopic (exact) mass is 666 g/mol. The number of hydrogen-bond acceptors (Lipinski definition) is 11. The Morgan fingerprint density at radius 1 is 0.809 bits per heavy atom. The van der Waals surface area contributed by atoms with Crippen LogP contribution in [0.3, 0.4) is 0 Å². The van der Waals surface area contributed by atoms with Crippen molar-refractivity contribution in [2.75, 3.05) is 19.8 Å².